The second kappa shape index (κ2) is 5.61. The molecule has 2 nitrogen and oxygen atoms in total. The van der Waals surface area contributed by atoms with E-state index in [2.05, 4.69) is 47.9 Å². The number of alkyl halides is 1. The molecule has 1 aromatic rings. The van der Waals surface area contributed by atoms with Gasteiger partial charge in [0.25, 0.3) is 0 Å². The minimum atomic E-state index is 0.163. The van der Waals surface area contributed by atoms with Crippen LogP contribution in [0.2, 0.25) is 0 Å². The maximum absolute atomic E-state index is 6.36. The van der Waals surface area contributed by atoms with Crippen LogP contribution < -0.4 is 0 Å². The molecule has 0 bridgehead atoms. The summed E-state index contributed by atoms with van der Waals surface area (Å²) in [5.41, 5.74) is 4.12. The number of aromatic nitrogens is 2. The van der Waals surface area contributed by atoms with Gasteiger partial charge in [0.2, 0.25) is 0 Å². The van der Waals surface area contributed by atoms with Crippen LogP contribution in [0.3, 0.4) is 0 Å². The molecule has 0 amide bonds. The summed E-state index contributed by atoms with van der Waals surface area (Å²) in [5, 5.41) is 4.72. The summed E-state index contributed by atoms with van der Waals surface area (Å²) in [6.07, 6.45) is 6.31. The van der Waals surface area contributed by atoms with Crippen LogP contribution in [0.25, 0.3) is 0 Å². The van der Waals surface area contributed by atoms with Gasteiger partial charge in [-0.15, -0.1) is 11.6 Å². The fourth-order valence-electron chi connectivity index (χ4n) is 2.94. The highest BCUT2D eigenvalue weighted by atomic mass is 79.9. The summed E-state index contributed by atoms with van der Waals surface area (Å²) < 4.78 is 3.15. The van der Waals surface area contributed by atoms with E-state index in [9.17, 15) is 0 Å². The van der Waals surface area contributed by atoms with Crippen molar-refractivity contribution in [2.75, 3.05) is 0 Å². The molecule has 0 radical (unpaired) electrons. The maximum Gasteiger partial charge on any atom is 0.0766 e. The standard InChI is InChI=1S/C15H22BrClN2/c1-5-12-14(16)13(19(4)18-12)7-10-6-11(17)9-15(2,3)8-10/h6,11H,5,7-9H2,1-4H3. The first-order valence-electron chi connectivity index (χ1n) is 6.86. The van der Waals surface area contributed by atoms with Crippen LogP contribution in [-0.2, 0) is 19.9 Å². The van der Waals surface area contributed by atoms with Crippen molar-refractivity contribution in [1.29, 1.82) is 0 Å². The van der Waals surface area contributed by atoms with Crippen LogP contribution in [0.15, 0.2) is 16.1 Å². The molecule has 4 heteroatoms. The molecule has 1 unspecified atom stereocenters. The van der Waals surface area contributed by atoms with Crippen molar-refractivity contribution >= 4 is 27.5 Å². The highest BCUT2D eigenvalue weighted by Crippen LogP contribution is 2.39. The average Bonchev–Trinajstić information content (AvgIpc) is 2.53. The normalized spacial score (nSPS) is 22.4. The quantitative estimate of drug-likeness (QED) is 0.576. The van der Waals surface area contributed by atoms with Gasteiger partial charge in [0.05, 0.1) is 21.2 Å². The second-order valence-corrected chi connectivity index (χ2v) is 7.60. The molecule has 106 valence electrons. The maximum atomic E-state index is 6.36. The molecular weight excluding hydrogens is 324 g/mol. The van der Waals surface area contributed by atoms with E-state index in [4.69, 9.17) is 11.6 Å². The zero-order valence-electron chi connectivity index (χ0n) is 12.1. The highest BCUT2D eigenvalue weighted by molar-refractivity contribution is 9.10. The van der Waals surface area contributed by atoms with Gasteiger partial charge in [0.15, 0.2) is 0 Å². The molecule has 0 fully saturated rings. The van der Waals surface area contributed by atoms with E-state index in [1.54, 1.807) is 0 Å². The van der Waals surface area contributed by atoms with Crippen molar-refractivity contribution < 1.29 is 0 Å². The van der Waals surface area contributed by atoms with E-state index in [-0.39, 0.29) is 5.38 Å². The molecular formula is C15H22BrClN2. The molecule has 2 rings (SSSR count). The molecule has 0 spiro atoms. The number of nitrogens with zero attached hydrogens (tertiary/aromatic N) is 2. The number of aryl methyl sites for hydroxylation is 2. The second-order valence-electron chi connectivity index (χ2n) is 6.25. The smallest absolute Gasteiger partial charge is 0.0766 e. The SMILES string of the molecule is CCc1nn(C)c(CC2=CC(Cl)CC(C)(C)C2)c1Br. The Labute approximate surface area is 129 Å². The molecule has 1 heterocycles. The minimum absolute atomic E-state index is 0.163. The predicted octanol–water partition coefficient (Wildman–Crippen LogP) is 4.64. The molecule has 1 atom stereocenters. The number of hydrogen-bond acceptors (Lipinski definition) is 1. The van der Waals surface area contributed by atoms with Gasteiger partial charge < -0.3 is 0 Å². The third-order valence-corrected chi connectivity index (χ3v) is 4.96. The van der Waals surface area contributed by atoms with Gasteiger partial charge in [-0.2, -0.15) is 5.10 Å². The van der Waals surface area contributed by atoms with Gasteiger partial charge in [-0.1, -0.05) is 32.4 Å². The van der Waals surface area contributed by atoms with E-state index in [0.29, 0.717) is 5.41 Å². The van der Waals surface area contributed by atoms with E-state index >= 15 is 0 Å². The molecule has 0 N–H and O–H groups in total. The van der Waals surface area contributed by atoms with Crippen LogP contribution in [0.5, 0.6) is 0 Å². The summed E-state index contributed by atoms with van der Waals surface area (Å²) in [7, 11) is 2.02. The van der Waals surface area contributed by atoms with Crippen molar-refractivity contribution in [2.24, 2.45) is 12.5 Å². The number of allylic oxidation sites excluding steroid dienone is 2. The first-order valence-corrected chi connectivity index (χ1v) is 8.09. The largest absolute Gasteiger partial charge is 0.271 e. The van der Waals surface area contributed by atoms with E-state index in [1.807, 2.05) is 11.7 Å². The van der Waals surface area contributed by atoms with Gasteiger partial charge in [0.1, 0.15) is 0 Å². The lowest BCUT2D eigenvalue weighted by Crippen LogP contribution is -2.23. The third-order valence-electron chi connectivity index (χ3n) is 3.77. The molecule has 0 saturated heterocycles. The first-order chi connectivity index (χ1) is 8.82. The van der Waals surface area contributed by atoms with Crippen LogP contribution in [-0.4, -0.2) is 15.2 Å². The van der Waals surface area contributed by atoms with Crippen molar-refractivity contribution in [3.63, 3.8) is 0 Å². The van der Waals surface area contributed by atoms with Crippen molar-refractivity contribution in [3.05, 3.63) is 27.5 Å². The summed E-state index contributed by atoms with van der Waals surface area (Å²) in [6.45, 7) is 6.73. The Balaban J connectivity index is 2.24. The number of hydrogen-bond donors (Lipinski definition) is 0. The first kappa shape index (κ1) is 15.1. The Morgan fingerprint density at radius 3 is 2.74 bits per heavy atom. The van der Waals surface area contributed by atoms with E-state index in [1.165, 1.54) is 11.3 Å². The Morgan fingerprint density at radius 2 is 2.21 bits per heavy atom. The van der Waals surface area contributed by atoms with E-state index in [0.717, 1.165) is 35.8 Å². The number of halogens is 2. The van der Waals surface area contributed by atoms with Gasteiger partial charge in [-0.25, -0.2) is 0 Å². The lowest BCUT2D eigenvalue weighted by atomic mass is 9.76. The lowest BCUT2D eigenvalue weighted by molar-refractivity contribution is 0.320. The zero-order valence-corrected chi connectivity index (χ0v) is 14.5. The van der Waals surface area contributed by atoms with Gasteiger partial charge >= 0.3 is 0 Å². The van der Waals surface area contributed by atoms with Crippen LogP contribution in [0.4, 0.5) is 0 Å². The van der Waals surface area contributed by atoms with Crippen LogP contribution in [0.1, 0.15) is 45.0 Å². The third kappa shape index (κ3) is 3.43. The molecule has 0 saturated carbocycles. The topological polar surface area (TPSA) is 17.8 Å². The Hall–Kier alpha value is -0.280. The van der Waals surface area contributed by atoms with Gasteiger partial charge in [-0.3, -0.25) is 4.68 Å². The minimum Gasteiger partial charge on any atom is -0.271 e. The zero-order chi connectivity index (χ0) is 14.2. The Bertz CT molecular complexity index is 502. The molecule has 0 aliphatic heterocycles. The summed E-state index contributed by atoms with van der Waals surface area (Å²) in [5.74, 6) is 0. The van der Waals surface area contributed by atoms with Crippen LogP contribution in [0, 0.1) is 5.41 Å². The van der Waals surface area contributed by atoms with Crippen molar-refractivity contribution in [3.8, 4) is 0 Å². The van der Waals surface area contributed by atoms with Gasteiger partial charge in [0, 0.05) is 13.5 Å². The van der Waals surface area contributed by atoms with Crippen molar-refractivity contribution in [2.45, 2.75) is 51.8 Å². The molecule has 1 aromatic heterocycles. The predicted molar refractivity (Wildman–Crippen MR) is 84.7 cm³/mol. The molecule has 1 aliphatic carbocycles. The average molecular weight is 346 g/mol. The summed E-state index contributed by atoms with van der Waals surface area (Å²) in [6, 6.07) is 0. The molecule has 0 aromatic carbocycles. The van der Waals surface area contributed by atoms with E-state index < -0.39 is 0 Å². The Morgan fingerprint density at radius 1 is 1.53 bits per heavy atom. The Kier molecular flexibility index (Phi) is 4.46. The monoisotopic (exact) mass is 344 g/mol. The molecule has 19 heavy (non-hydrogen) atoms. The summed E-state index contributed by atoms with van der Waals surface area (Å²) in [4.78, 5) is 0. The highest BCUT2D eigenvalue weighted by Gasteiger charge is 2.28. The van der Waals surface area contributed by atoms with Gasteiger partial charge in [-0.05, 0) is 40.6 Å². The fourth-order valence-corrected chi connectivity index (χ4v) is 4.29. The van der Waals surface area contributed by atoms with Crippen LogP contribution >= 0.6 is 27.5 Å². The number of rotatable bonds is 3. The summed E-state index contributed by atoms with van der Waals surface area (Å²) >= 11 is 10.1. The van der Waals surface area contributed by atoms with Crippen molar-refractivity contribution in [1.82, 2.24) is 9.78 Å². The molecule has 1 aliphatic rings. The lowest BCUT2D eigenvalue weighted by Gasteiger charge is -2.32. The fraction of sp³-hybridized carbons (Fsp3) is 0.667.